The minimum absolute atomic E-state index is 0.0347. The Morgan fingerprint density at radius 2 is 1.93 bits per heavy atom. The van der Waals surface area contributed by atoms with Gasteiger partial charge in [0.05, 0.1) is 16.6 Å². The van der Waals surface area contributed by atoms with Gasteiger partial charge in [-0.15, -0.1) is 0 Å². The molecule has 1 unspecified atom stereocenters. The monoisotopic (exact) mass is 198 g/mol. The van der Waals surface area contributed by atoms with Crippen LogP contribution in [0.25, 0.3) is 0 Å². The Kier molecular flexibility index (Phi) is 5.43. The van der Waals surface area contributed by atoms with Crippen molar-refractivity contribution in [3.8, 4) is 0 Å². The lowest BCUT2D eigenvalue weighted by atomic mass is 10.1. The maximum Gasteiger partial charge on any atom is 0.275 e. The molecule has 78 valence electrons. The smallest absolute Gasteiger partial charge is 0.275 e. The van der Waals surface area contributed by atoms with Crippen molar-refractivity contribution < 1.29 is 10.0 Å². The molecule has 0 aromatic heterocycles. The van der Waals surface area contributed by atoms with Crippen LogP contribution in [0.5, 0.6) is 0 Å². The summed E-state index contributed by atoms with van der Waals surface area (Å²) < 4.78 is 0. The Bertz CT molecular complexity index is 300. The number of hydrogen-bond donors (Lipinski definition) is 2. The highest BCUT2D eigenvalue weighted by Crippen LogP contribution is 2.23. The second-order valence-electron chi connectivity index (χ2n) is 2.49. The molecule has 1 atom stereocenters. The Morgan fingerprint density at radius 1 is 1.43 bits per heavy atom. The van der Waals surface area contributed by atoms with Crippen LogP contribution in [0.1, 0.15) is 18.6 Å². The predicted octanol–water partition coefficient (Wildman–Crippen LogP) is 1.22. The largest absolute Gasteiger partial charge is 0.388 e. The first kappa shape index (κ1) is 12.5. The van der Waals surface area contributed by atoms with Gasteiger partial charge in [-0.1, -0.05) is 12.1 Å². The van der Waals surface area contributed by atoms with E-state index < -0.39 is 11.0 Å². The standard InChI is InChI=1S/C8H9NO3.CH5N/c1-6(10)7-4-2-3-5-8(7)9(11)12;1-2/h2-6,10H,1H3;2H2,1H3. The third-order valence-electron chi connectivity index (χ3n) is 1.58. The average Bonchev–Trinajstić information content (AvgIpc) is 2.20. The maximum atomic E-state index is 10.4. The fraction of sp³-hybridized carbons (Fsp3) is 0.333. The molecule has 0 radical (unpaired) electrons. The van der Waals surface area contributed by atoms with Crippen molar-refractivity contribution in [2.24, 2.45) is 5.73 Å². The summed E-state index contributed by atoms with van der Waals surface area (Å²) in [6, 6.07) is 6.16. The molecule has 14 heavy (non-hydrogen) atoms. The summed E-state index contributed by atoms with van der Waals surface area (Å²) in [5.41, 5.74) is 4.81. The predicted molar refractivity (Wildman–Crippen MR) is 53.8 cm³/mol. The van der Waals surface area contributed by atoms with E-state index in [0.717, 1.165) is 0 Å². The summed E-state index contributed by atoms with van der Waals surface area (Å²) in [7, 11) is 1.50. The van der Waals surface area contributed by atoms with Gasteiger partial charge >= 0.3 is 0 Å². The summed E-state index contributed by atoms with van der Waals surface area (Å²) >= 11 is 0. The molecule has 0 aliphatic carbocycles. The van der Waals surface area contributed by atoms with Gasteiger partial charge < -0.3 is 10.8 Å². The molecule has 0 heterocycles. The van der Waals surface area contributed by atoms with E-state index in [-0.39, 0.29) is 5.69 Å². The molecule has 0 spiro atoms. The van der Waals surface area contributed by atoms with E-state index in [1.165, 1.54) is 20.0 Å². The Labute approximate surface area is 82.3 Å². The topological polar surface area (TPSA) is 89.4 Å². The van der Waals surface area contributed by atoms with Crippen LogP contribution in [0, 0.1) is 10.1 Å². The van der Waals surface area contributed by atoms with Crippen LogP contribution in [0.15, 0.2) is 24.3 Å². The molecule has 1 rings (SSSR count). The van der Waals surface area contributed by atoms with E-state index in [0.29, 0.717) is 5.56 Å². The van der Waals surface area contributed by atoms with Gasteiger partial charge in [0.15, 0.2) is 0 Å². The van der Waals surface area contributed by atoms with Gasteiger partial charge in [0, 0.05) is 6.07 Å². The van der Waals surface area contributed by atoms with Gasteiger partial charge in [-0.2, -0.15) is 0 Å². The van der Waals surface area contributed by atoms with Crippen LogP contribution in [-0.4, -0.2) is 17.1 Å². The van der Waals surface area contributed by atoms with Gasteiger partial charge in [-0.05, 0) is 20.0 Å². The number of nitrogens with zero attached hydrogens (tertiary/aromatic N) is 1. The zero-order chi connectivity index (χ0) is 11.1. The molecule has 5 heteroatoms. The fourth-order valence-corrected chi connectivity index (χ4v) is 1.01. The first-order chi connectivity index (χ1) is 6.63. The van der Waals surface area contributed by atoms with E-state index in [2.05, 4.69) is 5.73 Å². The summed E-state index contributed by atoms with van der Waals surface area (Å²) in [5.74, 6) is 0. The highest BCUT2D eigenvalue weighted by atomic mass is 16.6. The Hall–Kier alpha value is -1.46. The van der Waals surface area contributed by atoms with Gasteiger partial charge in [0.2, 0.25) is 0 Å². The molecule has 0 fully saturated rings. The highest BCUT2D eigenvalue weighted by molar-refractivity contribution is 5.40. The zero-order valence-corrected chi connectivity index (χ0v) is 8.18. The quantitative estimate of drug-likeness (QED) is 0.552. The van der Waals surface area contributed by atoms with Gasteiger partial charge in [0.1, 0.15) is 0 Å². The number of nitro groups is 1. The van der Waals surface area contributed by atoms with Crippen molar-refractivity contribution in [1.82, 2.24) is 0 Å². The second kappa shape index (κ2) is 6.06. The van der Waals surface area contributed by atoms with Crippen LogP contribution in [0.3, 0.4) is 0 Å². The van der Waals surface area contributed by atoms with Crippen LogP contribution in [0.4, 0.5) is 5.69 Å². The SMILES string of the molecule is CC(O)c1ccccc1[N+](=O)[O-].CN. The lowest BCUT2D eigenvalue weighted by Gasteiger charge is -2.03. The van der Waals surface area contributed by atoms with Gasteiger partial charge in [0.25, 0.3) is 5.69 Å². The number of aliphatic hydroxyl groups excluding tert-OH is 1. The number of benzene rings is 1. The molecule has 0 bridgehead atoms. The van der Waals surface area contributed by atoms with Crippen LogP contribution in [0.2, 0.25) is 0 Å². The first-order valence-corrected chi connectivity index (χ1v) is 4.12. The number of rotatable bonds is 2. The van der Waals surface area contributed by atoms with Crippen molar-refractivity contribution in [2.45, 2.75) is 13.0 Å². The molecule has 3 N–H and O–H groups in total. The first-order valence-electron chi connectivity index (χ1n) is 4.12. The van der Waals surface area contributed by atoms with Crippen LogP contribution < -0.4 is 5.73 Å². The van der Waals surface area contributed by atoms with Crippen molar-refractivity contribution in [3.63, 3.8) is 0 Å². The van der Waals surface area contributed by atoms with Gasteiger partial charge in [-0.3, -0.25) is 10.1 Å². The normalized spacial score (nSPS) is 11.1. The van der Waals surface area contributed by atoms with E-state index in [1.807, 2.05) is 0 Å². The third-order valence-corrected chi connectivity index (χ3v) is 1.58. The van der Waals surface area contributed by atoms with Crippen molar-refractivity contribution in [1.29, 1.82) is 0 Å². The minimum Gasteiger partial charge on any atom is -0.388 e. The molecule has 0 saturated carbocycles. The lowest BCUT2D eigenvalue weighted by molar-refractivity contribution is -0.386. The molecular weight excluding hydrogens is 184 g/mol. The molecule has 0 saturated heterocycles. The summed E-state index contributed by atoms with van der Waals surface area (Å²) in [5, 5.41) is 19.6. The minimum atomic E-state index is -0.799. The van der Waals surface area contributed by atoms with E-state index in [1.54, 1.807) is 18.2 Å². The van der Waals surface area contributed by atoms with E-state index in [9.17, 15) is 10.1 Å². The summed E-state index contributed by atoms with van der Waals surface area (Å²) in [6.07, 6.45) is -0.799. The fourth-order valence-electron chi connectivity index (χ4n) is 1.01. The zero-order valence-electron chi connectivity index (χ0n) is 8.18. The number of nitrogens with two attached hydrogens (primary N) is 1. The molecular formula is C9H14N2O3. The van der Waals surface area contributed by atoms with Crippen molar-refractivity contribution in [3.05, 3.63) is 39.9 Å². The molecule has 0 amide bonds. The van der Waals surface area contributed by atoms with Crippen molar-refractivity contribution in [2.75, 3.05) is 7.05 Å². The molecule has 0 aliphatic heterocycles. The van der Waals surface area contributed by atoms with Crippen LogP contribution in [-0.2, 0) is 0 Å². The molecule has 1 aromatic carbocycles. The Balaban J connectivity index is 0.000000791. The highest BCUT2D eigenvalue weighted by Gasteiger charge is 2.15. The summed E-state index contributed by atoms with van der Waals surface area (Å²) in [4.78, 5) is 9.92. The molecule has 1 aromatic rings. The number of nitro benzene ring substituents is 1. The van der Waals surface area contributed by atoms with E-state index >= 15 is 0 Å². The molecule has 0 aliphatic rings. The van der Waals surface area contributed by atoms with Crippen LogP contribution >= 0.6 is 0 Å². The van der Waals surface area contributed by atoms with Crippen molar-refractivity contribution >= 4 is 5.69 Å². The van der Waals surface area contributed by atoms with E-state index in [4.69, 9.17) is 5.11 Å². The third kappa shape index (κ3) is 3.12. The number of hydrogen-bond acceptors (Lipinski definition) is 4. The molecule has 5 nitrogen and oxygen atoms in total. The number of aliphatic hydroxyl groups is 1. The lowest BCUT2D eigenvalue weighted by Crippen LogP contribution is -1.98. The second-order valence-corrected chi connectivity index (χ2v) is 2.49. The maximum absolute atomic E-state index is 10.4. The summed E-state index contributed by atoms with van der Waals surface area (Å²) in [6.45, 7) is 1.50. The Morgan fingerprint density at radius 3 is 2.29 bits per heavy atom. The van der Waals surface area contributed by atoms with Gasteiger partial charge in [-0.25, -0.2) is 0 Å². The average molecular weight is 198 g/mol. The number of para-hydroxylation sites is 1.